The Morgan fingerprint density at radius 2 is 2.28 bits per heavy atom. The zero-order chi connectivity index (χ0) is 13.0. The van der Waals surface area contributed by atoms with E-state index in [0.717, 1.165) is 19.4 Å². The Morgan fingerprint density at radius 3 is 2.89 bits per heavy atom. The van der Waals surface area contributed by atoms with Crippen molar-refractivity contribution in [3.8, 4) is 5.75 Å². The SMILES string of the molecule is CCCC(CNC1CC1)Oc1ccc(Br)c(F)c1. The van der Waals surface area contributed by atoms with Gasteiger partial charge in [-0.05, 0) is 47.3 Å². The van der Waals surface area contributed by atoms with Crippen LogP contribution in [0.2, 0.25) is 0 Å². The Kier molecular flexibility index (Phi) is 5.01. The van der Waals surface area contributed by atoms with E-state index < -0.39 is 0 Å². The Morgan fingerprint density at radius 1 is 1.50 bits per heavy atom. The van der Waals surface area contributed by atoms with Crippen LogP contribution in [0.5, 0.6) is 5.75 Å². The van der Waals surface area contributed by atoms with Gasteiger partial charge in [0.1, 0.15) is 17.7 Å². The first-order chi connectivity index (χ1) is 8.69. The number of benzene rings is 1. The van der Waals surface area contributed by atoms with Gasteiger partial charge in [-0.15, -0.1) is 0 Å². The maximum absolute atomic E-state index is 13.4. The lowest BCUT2D eigenvalue weighted by Crippen LogP contribution is -2.32. The van der Waals surface area contributed by atoms with Gasteiger partial charge in [0.2, 0.25) is 0 Å². The number of nitrogens with one attached hydrogen (secondary N) is 1. The monoisotopic (exact) mass is 315 g/mol. The summed E-state index contributed by atoms with van der Waals surface area (Å²) in [6.45, 7) is 2.98. The first-order valence-electron chi connectivity index (χ1n) is 6.54. The van der Waals surface area contributed by atoms with Crippen LogP contribution in [0.15, 0.2) is 22.7 Å². The van der Waals surface area contributed by atoms with Crippen LogP contribution < -0.4 is 10.1 Å². The fourth-order valence-corrected chi connectivity index (χ4v) is 2.10. The molecule has 0 spiro atoms. The molecule has 1 aromatic rings. The number of halogens is 2. The highest BCUT2D eigenvalue weighted by atomic mass is 79.9. The average Bonchev–Trinajstić information content (AvgIpc) is 3.15. The van der Waals surface area contributed by atoms with Crippen LogP contribution in [-0.2, 0) is 0 Å². The van der Waals surface area contributed by atoms with Crippen molar-refractivity contribution in [2.24, 2.45) is 0 Å². The van der Waals surface area contributed by atoms with E-state index in [1.54, 1.807) is 12.1 Å². The zero-order valence-corrected chi connectivity index (χ0v) is 12.2. The van der Waals surface area contributed by atoms with Crippen molar-refractivity contribution >= 4 is 15.9 Å². The summed E-state index contributed by atoms with van der Waals surface area (Å²) in [6.07, 6.45) is 4.71. The van der Waals surface area contributed by atoms with E-state index in [1.807, 2.05) is 0 Å². The number of ether oxygens (including phenoxy) is 1. The van der Waals surface area contributed by atoms with Crippen LogP contribution in [0.1, 0.15) is 32.6 Å². The summed E-state index contributed by atoms with van der Waals surface area (Å²) in [7, 11) is 0. The topological polar surface area (TPSA) is 21.3 Å². The molecule has 1 aliphatic rings. The normalized spacial score (nSPS) is 16.6. The van der Waals surface area contributed by atoms with Gasteiger partial charge < -0.3 is 10.1 Å². The molecule has 2 nitrogen and oxygen atoms in total. The van der Waals surface area contributed by atoms with Crippen molar-refractivity contribution in [3.63, 3.8) is 0 Å². The van der Waals surface area contributed by atoms with Gasteiger partial charge in [-0.25, -0.2) is 4.39 Å². The number of rotatable bonds is 7. The molecule has 0 radical (unpaired) electrons. The molecule has 1 aromatic carbocycles. The minimum Gasteiger partial charge on any atom is -0.489 e. The summed E-state index contributed by atoms with van der Waals surface area (Å²) in [4.78, 5) is 0. The molecule has 2 rings (SSSR count). The second-order valence-electron chi connectivity index (χ2n) is 4.79. The van der Waals surface area contributed by atoms with Gasteiger partial charge in [-0.2, -0.15) is 0 Å². The highest BCUT2D eigenvalue weighted by Crippen LogP contribution is 2.23. The van der Waals surface area contributed by atoms with Crippen molar-refractivity contribution in [1.29, 1.82) is 0 Å². The predicted octanol–water partition coefficient (Wildman–Crippen LogP) is 3.89. The predicted molar refractivity (Wildman–Crippen MR) is 74.4 cm³/mol. The van der Waals surface area contributed by atoms with Crippen LogP contribution in [0.4, 0.5) is 4.39 Å². The molecule has 1 unspecified atom stereocenters. The molecule has 100 valence electrons. The molecular formula is C14H19BrFNO. The van der Waals surface area contributed by atoms with Crippen LogP contribution in [0, 0.1) is 5.82 Å². The lowest BCUT2D eigenvalue weighted by Gasteiger charge is -2.19. The third-order valence-corrected chi connectivity index (χ3v) is 3.66. The van der Waals surface area contributed by atoms with Gasteiger partial charge in [-0.1, -0.05) is 13.3 Å². The van der Waals surface area contributed by atoms with E-state index in [-0.39, 0.29) is 11.9 Å². The third-order valence-electron chi connectivity index (χ3n) is 3.02. The smallest absolute Gasteiger partial charge is 0.141 e. The minimum atomic E-state index is -0.280. The maximum atomic E-state index is 13.4. The van der Waals surface area contributed by atoms with Crippen molar-refractivity contribution in [2.45, 2.75) is 44.8 Å². The molecule has 1 atom stereocenters. The summed E-state index contributed by atoms with van der Waals surface area (Å²) in [5.41, 5.74) is 0. The van der Waals surface area contributed by atoms with Crippen LogP contribution in [0.3, 0.4) is 0 Å². The molecule has 1 fully saturated rings. The molecule has 4 heteroatoms. The summed E-state index contributed by atoms with van der Waals surface area (Å²) < 4.78 is 19.7. The molecule has 0 aliphatic heterocycles. The second kappa shape index (κ2) is 6.53. The van der Waals surface area contributed by atoms with E-state index in [1.165, 1.54) is 18.9 Å². The maximum Gasteiger partial charge on any atom is 0.141 e. The molecular weight excluding hydrogens is 297 g/mol. The van der Waals surface area contributed by atoms with Crippen LogP contribution >= 0.6 is 15.9 Å². The molecule has 0 saturated heterocycles. The molecule has 0 heterocycles. The largest absolute Gasteiger partial charge is 0.489 e. The van der Waals surface area contributed by atoms with Crippen LogP contribution in [0.25, 0.3) is 0 Å². The summed E-state index contributed by atoms with van der Waals surface area (Å²) in [6, 6.07) is 5.59. The Labute approximate surface area is 116 Å². The lowest BCUT2D eigenvalue weighted by molar-refractivity contribution is 0.185. The fourth-order valence-electron chi connectivity index (χ4n) is 1.85. The molecule has 18 heavy (non-hydrogen) atoms. The standard InChI is InChI=1S/C14H19BrFNO/c1-2-3-12(9-17-10-4-5-10)18-11-6-7-13(15)14(16)8-11/h6-8,10,12,17H,2-5,9H2,1H3. The van der Waals surface area contributed by atoms with Crippen molar-refractivity contribution in [3.05, 3.63) is 28.5 Å². The lowest BCUT2D eigenvalue weighted by atomic mass is 10.2. The zero-order valence-electron chi connectivity index (χ0n) is 10.6. The molecule has 0 aromatic heterocycles. The van der Waals surface area contributed by atoms with Gasteiger partial charge in [0.15, 0.2) is 0 Å². The van der Waals surface area contributed by atoms with E-state index in [0.29, 0.717) is 16.3 Å². The molecule has 1 N–H and O–H groups in total. The van der Waals surface area contributed by atoms with Gasteiger partial charge >= 0.3 is 0 Å². The second-order valence-corrected chi connectivity index (χ2v) is 5.64. The summed E-state index contributed by atoms with van der Waals surface area (Å²) in [5, 5.41) is 3.46. The minimum absolute atomic E-state index is 0.121. The van der Waals surface area contributed by atoms with Crippen molar-refractivity contribution < 1.29 is 9.13 Å². The first kappa shape index (κ1) is 13.8. The average molecular weight is 316 g/mol. The fraction of sp³-hybridized carbons (Fsp3) is 0.571. The van der Waals surface area contributed by atoms with E-state index >= 15 is 0 Å². The molecule has 1 aliphatic carbocycles. The van der Waals surface area contributed by atoms with Crippen LogP contribution in [-0.4, -0.2) is 18.7 Å². The number of hydrogen-bond acceptors (Lipinski definition) is 2. The first-order valence-corrected chi connectivity index (χ1v) is 7.33. The van der Waals surface area contributed by atoms with Crippen molar-refractivity contribution in [2.75, 3.05) is 6.54 Å². The molecule has 1 saturated carbocycles. The van der Waals surface area contributed by atoms with Gasteiger partial charge in [0.05, 0.1) is 4.47 Å². The molecule has 0 amide bonds. The van der Waals surface area contributed by atoms with E-state index in [9.17, 15) is 4.39 Å². The summed E-state index contributed by atoms with van der Waals surface area (Å²) >= 11 is 3.14. The summed E-state index contributed by atoms with van der Waals surface area (Å²) in [5.74, 6) is 0.324. The number of hydrogen-bond donors (Lipinski definition) is 1. The van der Waals surface area contributed by atoms with Gasteiger partial charge in [0.25, 0.3) is 0 Å². The van der Waals surface area contributed by atoms with Gasteiger partial charge in [0, 0.05) is 18.7 Å². The Hall–Kier alpha value is -0.610. The quantitative estimate of drug-likeness (QED) is 0.824. The van der Waals surface area contributed by atoms with E-state index in [2.05, 4.69) is 28.2 Å². The Balaban J connectivity index is 1.90. The van der Waals surface area contributed by atoms with E-state index in [4.69, 9.17) is 4.74 Å². The van der Waals surface area contributed by atoms with Gasteiger partial charge in [-0.3, -0.25) is 0 Å². The third kappa shape index (κ3) is 4.25. The Bertz CT molecular complexity index is 395. The van der Waals surface area contributed by atoms with Crippen molar-refractivity contribution in [1.82, 2.24) is 5.32 Å². The molecule has 0 bridgehead atoms. The highest BCUT2D eigenvalue weighted by Gasteiger charge is 2.22. The highest BCUT2D eigenvalue weighted by molar-refractivity contribution is 9.10.